The standard InChI is InChI=1S/C16H19N3OS/c1-12-5-6-14(11-13(12)2)19-9-10-21-16(19)17-15(20)18-7-3-4-8-18/h5-6,9-11H,3-4,7-8H2,1-2H3/b17-16-. The van der Waals surface area contributed by atoms with E-state index in [4.69, 9.17) is 0 Å². The summed E-state index contributed by atoms with van der Waals surface area (Å²) in [6.07, 6.45) is 4.14. The van der Waals surface area contributed by atoms with Crippen molar-refractivity contribution in [2.75, 3.05) is 13.1 Å². The molecule has 0 unspecified atom stereocenters. The van der Waals surface area contributed by atoms with Gasteiger partial charge in [-0.2, -0.15) is 4.99 Å². The number of hydrogen-bond acceptors (Lipinski definition) is 2. The Kier molecular flexibility index (Phi) is 3.92. The van der Waals surface area contributed by atoms with E-state index in [1.54, 1.807) is 0 Å². The van der Waals surface area contributed by atoms with Crippen molar-refractivity contribution >= 4 is 17.4 Å². The van der Waals surface area contributed by atoms with Crippen LogP contribution < -0.4 is 4.80 Å². The predicted molar refractivity (Wildman–Crippen MR) is 84.9 cm³/mol. The number of benzene rings is 1. The molecular weight excluding hydrogens is 282 g/mol. The zero-order valence-corrected chi connectivity index (χ0v) is 13.2. The number of thiazole rings is 1. The minimum absolute atomic E-state index is 0.118. The van der Waals surface area contributed by atoms with E-state index in [1.165, 1.54) is 22.5 Å². The van der Waals surface area contributed by atoms with Gasteiger partial charge in [0.2, 0.25) is 0 Å². The van der Waals surface area contributed by atoms with Crippen molar-refractivity contribution in [2.24, 2.45) is 4.99 Å². The van der Waals surface area contributed by atoms with Gasteiger partial charge in [0.15, 0.2) is 4.80 Å². The summed E-state index contributed by atoms with van der Waals surface area (Å²) in [5, 5.41) is 1.96. The fourth-order valence-corrected chi connectivity index (χ4v) is 3.20. The lowest BCUT2D eigenvalue weighted by Gasteiger charge is -2.11. The highest BCUT2D eigenvalue weighted by atomic mass is 32.1. The SMILES string of the molecule is Cc1ccc(-n2ccs/c2=N\C(=O)N2CCCC2)cc1C. The van der Waals surface area contributed by atoms with E-state index < -0.39 is 0 Å². The molecule has 4 nitrogen and oxygen atoms in total. The van der Waals surface area contributed by atoms with Gasteiger partial charge in [0, 0.05) is 30.4 Å². The minimum atomic E-state index is -0.118. The molecule has 21 heavy (non-hydrogen) atoms. The number of nitrogens with zero attached hydrogens (tertiary/aromatic N) is 3. The quantitative estimate of drug-likeness (QED) is 0.796. The predicted octanol–water partition coefficient (Wildman–Crippen LogP) is 3.27. The van der Waals surface area contributed by atoms with Crippen LogP contribution in [0.4, 0.5) is 4.79 Å². The van der Waals surface area contributed by atoms with Crippen LogP contribution in [0, 0.1) is 13.8 Å². The molecule has 1 aromatic carbocycles. The van der Waals surface area contributed by atoms with Crippen molar-refractivity contribution in [3.8, 4) is 5.69 Å². The number of carbonyl (C=O) groups is 1. The maximum atomic E-state index is 12.2. The Bertz CT molecular complexity index is 723. The first kappa shape index (κ1) is 14.1. The number of urea groups is 1. The van der Waals surface area contributed by atoms with Crippen LogP contribution in [0.5, 0.6) is 0 Å². The van der Waals surface area contributed by atoms with Crippen molar-refractivity contribution in [3.05, 3.63) is 45.7 Å². The second-order valence-corrected chi connectivity index (χ2v) is 6.29. The van der Waals surface area contributed by atoms with Crippen molar-refractivity contribution in [1.82, 2.24) is 9.47 Å². The highest BCUT2D eigenvalue weighted by molar-refractivity contribution is 7.07. The third-order valence-corrected chi connectivity index (χ3v) is 4.68. The molecule has 1 aromatic heterocycles. The van der Waals surface area contributed by atoms with E-state index in [0.717, 1.165) is 36.4 Å². The van der Waals surface area contributed by atoms with E-state index in [-0.39, 0.29) is 6.03 Å². The molecule has 1 aliphatic heterocycles. The van der Waals surface area contributed by atoms with Gasteiger partial charge in [-0.1, -0.05) is 6.07 Å². The van der Waals surface area contributed by atoms with Crippen LogP contribution in [0.1, 0.15) is 24.0 Å². The van der Waals surface area contributed by atoms with E-state index in [0.29, 0.717) is 0 Å². The molecule has 2 aromatic rings. The molecular formula is C16H19N3OS. The molecule has 0 spiro atoms. The Labute approximate surface area is 128 Å². The minimum Gasteiger partial charge on any atom is -0.323 e. The number of carbonyl (C=O) groups excluding carboxylic acids is 1. The lowest BCUT2D eigenvalue weighted by Crippen LogP contribution is -2.27. The second-order valence-electron chi connectivity index (χ2n) is 5.41. The van der Waals surface area contributed by atoms with Crippen molar-refractivity contribution in [1.29, 1.82) is 0 Å². The molecule has 0 saturated carbocycles. The normalized spacial score (nSPS) is 15.7. The van der Waals surface area contributed by atoms with Gasteiger partial charge in [-0.05, 0) is 49.9 Å². The zero-order chi connectivity index (χ0) is 14.8. The third-order valence-electron chi connectivity index (χ3n) is 3.93. The summed E-state index contributed by atoms with van der Waals surface area (Å²) in [7, 11) is 0. The zero-order valence-electron chi connectivity index (χ0n) is 12.4. The fraction of sp³-hybridized carbons (Fsp3) is 0.375. The molecule has 0 bridgehead atoms. The Morgan fingerprint density at radius 3 is 2.67 bits per heavy atom. The molecule has 1 aliphatic rings. The Morgan fingerprint density at radius 2 is 1.95 bits per heavy atom. The molecule has 110 valence electrons. The number of aromatic nitrogens is 1. The third kappa shape index (κ3) is 2.93. The number of aryl methyl sites for hydroxylation is 2. The summed E-state index contributed by atoms with van der Waals surface area (Å²) in [4.78, 5) is 19.0. The molecule has 2 heterocycles. The smallest absolute Gasteiger partial charge is 0.323 e. The number of rotatable bonds is 1. The van der Waals surface area contributed by atoms with Crippen LogP contribution in [-0.2, 0) is 0 Å². The van der Waals surface area contributed by atoms with E-state index in [2.05, 4.69) is 37.0 Å². The summed E-state index contributed by atoms with van der Waals surface area (Å²) < 4.78 is 1.98. The van der Waals surface area contributed by atoms with Crippen LogP contribution in [0.25, 0.3) is 5.69 Å². The van der Waals surface area contributed by atoms with Gasteiger partial charge in [0.25, 0.3) is 0 Å². The van der Waals surface area contributed by atoms with Crippen LogP contribution in [0.2, 0.25) is 0 Å². The van der Waals surface area contributed by atoms with E-state index in [9.17, 15) is 4.79 Å². The molecule has 2 amide bonds. The number of hydrogen-bond donors (Lipinski definition) is 0. The van der Waals surface area contributed by atoms with Crippen molar-refractivity contribution in [2.45, 2.75) is 26.7 Å². The second kappa shape index (κ2) is 5.85. The monoisotopic (exact) mass is 301 g/mol. The van der Waals surface area contributed by atoms with Crippen molar-refractivity contribution in [3.63, 3.8) is 0 Å². The Morgan fingerprint density at radius 1 is 1.19 bits per heavy atom. The molecule has 0 N–H and O–H groups in total. The first-order valence-electron chi connectivity index (χ1n) is 7.22. The summed E-state index contributed by atoms with van der Waals surface area (Å²) >= 11 is 1.49. The Balaban J connectivity index is 1.96. The van der Waals surface area contributed by atoms with Crippen LogP contribution in [0.3, 0.4) is 0 Å². The molecule has 5 heteroatoms. The first-order chi connectivity index (χ1) is 10.1. The van der Waals surface area contributed by atoms with Crippen molar-refractivity contribution < 1.29 is 4.79 Å². The topological polar surface area (TPSA) is 37.6 Å². The maximum absolute atomic E-state index is 12.2. The molecule has 0 atom stereocenters. The van der Waals surface area contributed by atoms with Gasteiger partial charge in [0.05, 0.1) is 0 Å². The van der Waals surface area contributed by atoms with Gasteiger partial charge in [0.1, 0.15) is 0 Å². The first-order valence-corrected chi connectivity index (χ1v) is 8.10. The average molecular weight is 301 g/mol. The summed E-state index contributed by atoms with van der Waals surface area (Å²) in [5.74, 6) is 0. The molecule has 1 saturated heterocycles. The van der Waals surface area contributed by atoms with Gasteiger partial charge in [-0.3, -0.25) is 4.57 Å². The molecule has 0 aliphatic carbocycles. The van der Waals surface area contributed by atoms with Gasteiger partial charge >= 0.3 is 6.03 Å². The summed E-state index contributed by atoms with van der Waals surface area (Å²) in [5.41, 5.74) is 3.55. The fourth-order valence-electron chi connectivity index (χ4n) is 2.49. The molecule has 1 fully saturated rings. The van der Waals surface area contributed by atoms with Gasteiger partial charge in [-0.15, -0.1) is 11.3 Å². The Hall–Kier alpha value is -1.88. The van der Waals surface area contributed by atoms with Crippen LogP contribution in [-0.4, -0.2) is 28.6 Å². The van der Waals surface area contributed by atoms with Crippen LogP contribution >= 0.6 is 11.3 Å². The van der Waals surface area contributed by atoms with E-state index in [1.807, 2.05) is 21.0 Å². The van der Waals surface area contributed by atoms with Gasteiger partial charge < -0.3 is 4.90 Å². The highest BCUT2D eigenvalue weighted by Gasteiger charge is 2.17. The molecule has 3 rings (SSSR count). The number of amides is 2. The lowest BCUT2D eigenvalue weighted by molar-refractivity contribution is 0.218. The number of likely N-dealkylation sites (tertiary alicyclic amines) is 1. The highest BCUT2D eigenvalue weighted by Crippen LogP contribution is 2.13. The largest absolute Gasteiger partial charge is 0.346 e. The summed E-state index contributed by atoms with van der Waals surface area (Å²) in [6, 6.07) is 6.17. The maximum Gasteiger partial charge on any atom is 0.346 e. The van der Waals surface area contributed by atoms with Gasteiger partial charge in [-0.25, -0.2) is 4.79 Å². The van der Waals surface area contributed by atoms with E-state index >= 15 is 0 Å². The lowest BCUT2D eigenvalue weighted by atomic mass is 10.1. The summed E-state index contributed by atoms with van der Waals surface area (Å²) in [6.45, 7) is 5.85. The molecule has 0 radical (unpaired) electrons. The average Bonchev–Trinajstić information content (AvgIpc) is 3.13. The van der Waals surface area contributed by atoms with Crippen LogP contribution in [0.15, 0.2) is 34.8 Å².